The van der Waals surface area contributed by atoms with E-state index >= 15 is 0 Å². The number of morpholine rings is 1. The van der Waals surface area contributed by atoms with Crippen LogP contribution in [-0.2, 0) is 4.74 Å². The Kier molecular flexibility index (Phi) is 3.93. The van der Waals surface area contributed by atoms with Gasteiger partial charge in [-0.1, -0.05) is 0 Å². The Bertz CT molecular complexity index is 186. The third kappa shape index (κ3) is 2.81. The molecule has 0 saturated carbocycles. The van der Waals surface area contributed by atoms with Crippen LogP contribution in [0, 0.1) is 0 Å². The van der Waals surface area contributed by atoms with E-state index in [0.29, 0.717) is 6.04 Å². The number of hydrogen-bond acceptors (Lipinski definition) is 2. The summed E-state index contributed by atoms with van der Waals surface area (Å²) in [6.45, 7) is 8.82. The molecule has 1 heterocycles. The molecule has 0 bridgehead atoms. The second kappa shape index (κ2) is 4.77. The van der Waals surface area contributed by atoms with Gasteiger partial charge in [-0.2, -0.15) is 0 Å². The van der Waals surface area contributed by atoms with Gasteiger partial charge in [0.05, 0.1) is 18.8 Å². The highest BCUT2D eigenvalue weighted by Gasteiger charge is 2.24. The fourth-order valence-electron chi connectivity index (χ4n) is 1.44. The van der Waals surface area contributed by atoms with Crippen molar-refractivity contribution < 1.29 is 4.74 Å². The predicted molar refractivity (Wildman–Crippen MR) is 57.9 cm³/mol. The third-order valence-corrected chi connectivity index (χ3v) is 2.58. The van der Waals surface area contributed by atoms with Crippen molar-refractivity contribution in [1.29, 1.82) is 0 Å². The minimum Gasteiger partial charge on any atom is -0.375 e. The van der Waals surface area contributed by atoms with Gasteiger partial charge in [0.2, 0.25) is 0 Å². The minimum atomic E-state index is 0.285. The summed E-state index contributed by atoms with van der Waals surface area (Å²) in [5.41, 5.74) is 0. The predicted octanol–water partition coefficient (Wildman–Crippen LogP) is 0.990. The average molecular weight is 202 g/mol. The summed E-state index contributed by atoms with van der Waals surface area (Å²) in [5.74, 6) is 0. The largest absolute Gasteiger partial charge is 0.375 e. The summed E-state index contributed by atoms with van der Waals surface area (Å²) in [4.78, 5) is 2.20. The van der Waals surface area contributed by atoms with E-state index in [4.69, 9.17) is 17.0 Å². The number of thiocarbonyl (C=S) groups is 1. The Morgan fingerprint density at radius 3 is 2.92 bits per heavy atom. The van der Waals surface area contributed by atoms with E-state index in [9.17, 15) is 0 Å². The maximum absolute atomic E-state index is 5.52. The monoisotopic (exact) mass is 202 g/mol. The van der Waals surface area contributed by atoms with Crippen LogP contribution in [-0.4, -0.2) is 41.9 Å². The lowest BCUT2D eigenvalue weighted by atomic mass is 10.2. The van der Waals surface area contributed by atoms with Gasteiger partial charge < -0.3 is 15.0 Å². The van der Waals surface area contributed by atoms with Gasteiger partial charge in [0.25, 0.3) is 0 Å². The molecule has 0 amide bonds. The molecular weight excluding hydrogens is 184 g/mol. The molecule has 1 N–H and O–H groups in total. The molecule has 1 aliphatic rings. The molecule has 76 valence electrons. The molecule has 0 aromatic rings. The Hall–Kier alpha value is -0.350. The molecule has 1 aliphatic heterocycles. The molecular formula is C9H18N2OS. The van der Waals surface area contributed by atoms with Gasteiger partial charge in [0.1, 0.15) is 0 Å². The smallest absolute Gasteiger partial charge is 0.169 e. The van der Waals surface area contributed by atoms with Crippen molar-refractivity contribution in [1.82, 2.24) is 10.2 Å². The zero-order valence-electron chi connectivity index (χ0n) is 8.54. The first-order valence-electron chi connectivity index (χ1n) is 4.81. The third-order valence-electron chi connectivity index (χ3n) is 2.20. The molecule has 0 aliphatic carbocycles. The normalized spacial score (nSPS) is 28.7. The first-order valence-corrected chi connectivity index (χ1v) is 5.22. The molecule has 0 radical (unpaired) electrons. The molecule has 13 heavy (non-hydrogen) atoms. The lowest BCUT2D eigenvalue weighted by Gasteiger charge is -2.38. The van der Waals surface area contributed by atoms with Gasteiger partial charge in [-0.15, -0.1) is 0 Å². The second-order valence-electron chi connectivity index (χ2n) is 3.48. The van der Waals surface area contributed by atoms with Gasteiger partial charge in [0, 0.05) is 13.1 Å². The zero-order chi connectivity index (χ0) is 9.84. The maximum atomic E-state index is 5.52. The standard InChI is InChI=1S/C9H18N2OS/c1-4-10-9(13)11-5-8(3)12-6-7(11)2/h7-8H,4-6H2,1-3H3,(H,10,13). The van der Waals surface area contributed by atoms with Crippen LogP contribution < -0.4 is 5.32 Å². The van der Waals surface area contributed by atoms with Gasteiger partial charge in [-0.05, 0) is 33.0 Å². The van der Waals surface area contributed by atoms with Crippen molar-refractivity contribution in [3.8, 4) is 0 Å². The molecule has 1 rings (SSSR count). The van der Waals surface area contributed by atoms with E-state index in [2.05, 4.69) is 31.0 Å². The Morgan fingerprint density at radius 2 is 2.31 bits per heavy atom. The van der Waals surface area contributed by atoms with E-state index in [1.165, 1.54) is 0 Å². The quantitative estimate of drug-likeness (QED) is 0.641. The van der Waals surface area contributed by atoms with Crippen LogP contribution in [0.3, 0.4) is 0 Å². The van der Waals surface area contributed by atoms with E-state index in [1.54, 1.807) is 0 Å². The highest BCUT2D eigenvalue weighted by Crippen LogP contribution is 2.11. The SMILES string of the molecule is CCNC(=S)N1CC(C)OCC1C. The number of nitrogens with zero attached hydrogens (tertiary/aromatic N) is 1. The van der Waals surface area contributed by atoms with E-state index in [1.807, 2.05) is 0 Å². The number of rotatable bonds is 1. The van der Waals surface area contributed by atoms with Crippen molar-refractivity contribution in [2.24, 2.45) is 0 Å². The maximum Gasteiger partial charge on any atom is 0.169 e. The van der Waals surface area contributed by atoms with E-state index in [-0.39, 0.29) is 6.10 Å². The highest BCUT2D eigenvalue weighted by atomic mass is 32.1. The fraction of sp³-hybridized carbons (Fsp3) is 0.889. The number of ether oxygens (including phenoxy) is 1. The van der Waals surface area contributed by atoms with Crippen molar-refractivity contribution in [3.05, 3.63) is 0 Å². The summed E-state index contributed by atoms with van der Waals surface area (Å²) >= 11 is 5.26. The molecule has 2 atom stereocenters. The van der Waals surface area contributed by atoms with Crippen LogP contribution in [0.1, 0.15) is 20.8 Å². The lowest BCUT2D eigenvalue weighted by molar-refractivity contribution is -0.0225. The van der Waals surface area contributed by atoms with E-state index in [0.717, 1.165) is 24.8 Å². The van der Waals surface area contributed by atoms with Crippen LogP contribution in [0.15, 0.2) is 0 Å². The van der Waals surface area contributed by atoms with E-state index < -0.39 is 0 Å². The Balaban J connectivity index is 2.50. The zero-order valence-corrected chi connectivity index (χ0v) is 9.36. The van der Waals surface area contributed by atoms with Gasteiger partial charge in [-0.3, -0.25) is 0 Å². The van der Waals surface area contributed by atoms with Crippen LogP contribution in [0.2, 0.25) is 0 Å². The summed E-state index contributed by atoms with van der Waals surface area (Å²) in [6, 6.07) is 0.391. The van der Waals surface area contributed by atoms with Crippen LogP contribution >= 0.6 is 12.2 Å². The summed E-state index contributed by atoms with van der Waals surface area (Å²) in [7, 11) is 0. The molecule has 0 aromatic carbocycles. The molecule has 2 unspecified atom stereocenters. The van der Waals surface area contributed by atoms with Gasteiger partial charge in [-0.25, -0.2) is 0 Å². The lowest BCUT2D eigenvalue weighted by Crippen LogP contribution is -2.53. The topological polar surface area (TPSA) is 24.5 Å². The molecule has 3 nitrogen and oxygen atoms in total. The molecule has 4 heteroatoms. The average Bonchev–Trinajstić information content (AvgIpc) is 2.09. The van der Waals surface area contributed by atoms with Crippen LogP contribution in [0.4, 0.5) is 0 Å². The molecule has 0 aromatic heterocycles. The molecule has 1 fully saturated rings. The fourth-order valence-corrected chi connectivity index (χ4v) is 1.84. The molecule has 1 saturated heterocycles. The van der Waals surface area contributed by atoms with Crippen LogP contribution in [0.5, 0.6) is 0 Å². The summed E-state index contributed by atoms with van der Waals surface area (Å²) < 4.78 is 5.52. The first kappa shape index (κ1) is 10.7. The van der Waals surface area contributed by atoms with Crippen molar-refractivity contribution >= 4 is 17.3 Å². The summed E-state index contributed by atoms with van der Waals surface area (Å²) in [5, 5.41) is 4.02. The first-order chi connectivity index (χ1) is 6.15. The second-order valence-corrected chi connectivity index (χ2v) is 3.87. The van der Waals surface area contributed by atoms with Gasteiger partial charge >= 0.3 is 0 Å². The van der Waals surface area contributed by atoms with Crippen molar-refractivity contribution in [3.63, 3.8) is 0 Å². The Morgan fingerprint density at radius 1 is 1.62 bits per heavy atom. The Labute approximate surface area is 85.4 Å². The highest BCUT2D eigenvalue weighted by molar-refractivity contribution is 7.80. The number of hydrogen-bond donors (Lipinski definition) is 1. The van der Waals surface area contributed by atoms with Crippen LogP contribution in [0.25, 0.3) is 0 Å². The van der Waals surface area contributed by atoms with Crippen molar-refractivity contribution in [2.45, 2.75) is 32.9 Å². The van der Waals surface area contributed by atoms with Gasteiger partial charge in [0.15, 0.2) is 5.11 Å². The minimum absolute atomic E-state index is 0.285. The van der Waals surface area contributed by atoms with Crippen molar-refractivity contribution in [2.75, 3.05) is 19.7 Å². The summed E-state index contributed by atoms with van der Waals surface area (Å²) in [6.07, 6.45) is 0.285. The number of nitrogens with one attached hydrogen (secondary N) is 1. The molecule has 0 spiro atoms.